The molecule has 0 aliphatic rings. The van der Waals surface area contributed by atoms with Crippen LogP contribution in [0.25, 0.3) is 0 Å². The number of sulfone groups is 1. The summed E-state index contributed by atoms with van der Waals surface area (Å²) >= 11 is 0. The lowest BCUT2D eigenvalue weighted by molar-refractivity contribution is -0.125. The molecule has 0 heterocycles. The molecule has 0 aliphatic carbocycles. The van der Waals surface area contributed by atoms with E-state index in [9.17, 15) is 22.8 Å². The van der Waals surface area contributed by atoms with E-state index in [2.05, 4.69) is 10.6 Å². The number of ketones is 1. The van der Waals surface area contributed by atoms with Gasteiger partial charge in [0, 0.05) is 24.4 Å². The molecular formula is C15H20N2O5S. The molecule has 23 heavy (non-hydrogen) atoms. The van der Waals surface area contributed by atoms with Crippen LogP contribution >= 0.6 is 0 Å². The summed E-state index contributed by atoms with van der Waals surface area (Å²) in [6.07, 6.45) is 1.03. The number of benzene rings is 1. The fourth-order valence-electron chi connectivity index (χ4n) is 1.89. The van der Waals surface area contributed by atoms with Gasteiger partial charge in [0.15, 0.2) is 5.78 Å². The Labute approximate surface area is 135 Å². The third kappa shape index (κ3) is 7.05. The monoisotopic (exact) mass is 340 g/mol. The second-order valence-electron chi connectivity index (χ2n) is 5.30. The first kappa shape index (κ1) is 18.8. The Hall–Kier alpha value is -2.22. The molecule has 0 fully saturated rings. The van der Waals surface area contributed by atoms with Gasteiger partial charge < -0.3 is 10.6 Å². The zero-order chi connectivity index (χ0) is 17.6. The number of anilines is 1. The van der Waals surface area contributed by atoms with Crippen molar-refractivity contribution in [3.63, 3.8) is 0 Å². The van der Waals surface area contributed by atoms with Crippen molar-refractivity contribution < 1.29 is 22.8 Å². The molecule has 0 saturated heterocycles. The Kier molecular flexibility index (Phi) is 6.44. The number of Topliss-reactive ketones (excluding diaryl/α,β-unsaturated/α-hetero) is 1. The minimum absolute atomic E-state index is 0.0311. The molecule has 0 saturated carbocycles. The fourth-order valence-corrected chi connectivity index (χ4v) is 2.56. The summed E-state index contributed by atoms with van der Waals surface area (Å²) in [7, 11) is -3.26. The maximum Gasteiger partial charge on any atom is 0.246 e. The van der Waals surface area contributed by atoms with Crippen LogP contribution in [0.5, 0.6) is 0 Å². The van der Waals surface area contributed by atoms with Crippen LogP contribution in [-0.2, 0) is 19.4 Å². The zero-order valence-corrected chi connectivity index (χ0v) is 14.1. The molecule has 0 bridgehead atoms. The molecule has 0 aliphatic heterocycles. The molecule has 0 spiro atoms. The van der Waals surface area contributed by atoms with E-state index >= 15 is 0 Å². The Balaban J connectivity index is 2.85. The van der Waals surface area contributed by atoms with E-state index in [1.807, 2.05) is 0 Å². The van der Waals surface area contributed by atoms with E-state index in [1.54, 1.807) is 18.2 Å². The van der Waals surface area contributed by atoms with Crippen molar-refractivity contribution >= 4 is 33.1 Å². The van der Waals surface area contributed by atoms with Crippen LogP contribution in [0.15, 0.2) is 24.3 Å². The van der Waals surface area contributed by atoms with Gasteiger partial charge in [-0.05, 0) is 25.5 Å². The van der Waals surface area contributed by atoms with Crippen LogP contribution < -0.4 is 10.6 Å². The normalized spacial score (nSPS) is 12.3. The van der Waals surface area contributed by atoms with Crippen LogP contribution in [0.4, 0.5) is 5.69 Å². The van der Waals surface area contributed by atoms with E-state index in [0.29, 0.717) is 11.3 Å². The van der Waals surface area contributed by atoms with Crippen LogP contribution in [0, 0.1) is 0 Å². The third-order valence-electron chi connectivity index (χ3n) is 3.01. The zero-order valence-electron chi connectivity index (χ0n) is 13.3. The molecule has 126 valence electrons. The Morgan fingerprint density at radius 2 is 1.83 bits per heavy atom. The van der Waals surface area contributed by atoms with Gasteiger partial charge in [0.2, 0.25) is 11.8 Å². The first-order chi connectivity index (χ1) is 10.6. The van der Waals surface area contributed by atoms with Crippen molar-refractivity contribution in [3.8, 4) is 0 Å². The van der Waals surface area contributed by atoms with Crippen LogP contribution in [-0.4, -0.2) is 44.1 Å². The van der Waals surface area contributed by atoms with Gasteiger partial charge >= 0.3 is 0 Å². The quantitative estimate of drug-likeness (QED) is 0.713. The van der Waals surface area contributed by atoms with Gasteiger partial charge in [-0.1, -0.05) is 12.1 Å². The lowest BCUT2D eigenvalue weighted by atomic mass is 10.1. The number of amides is 2. The fraction of sp³-hybridized carbons (Fsp3) is 0.400. The highest BCUT2D eigenvalue weighted by Crippen LogP contribution is 2.12. The van der Waals surface area contributed by atoms with Gasteiger partial charge in [-0.2, -0.15) is 0 Å². The third-order valence-corrected chi connectivity index (χ3v) is 3.99. The SMILES string of the molecule is CC(=O)N[C@H](CCS(C)(=O)=O)C(=O)Nc1cccc(C(C)=O)c1. The van der Waals surface area contributed by atoms with Gasteiger partial charge in [0.05, 0.1) is 5.75 Å². The highest BCUT2D eigenvalue weighted by atomic mass is 32.2. The standard InChI is InChI=1S/C15H20N2O5S/c1-10(18)12-5-4-6-13(9-12)17-15(20)14(16-11(2)19)7-8-23(3,21)22/h4-6,9,14H,7-8H2,1-3H3,(H,16,19)(H,17,20)/t14-/m1/s1. The van der Waals surface area contributed by atoms with Crippen LogP contribution in [0.2, 0.25) is 0 Å². The molecule has 1 aromatic rings. The molecule has 8 heteroatoms. The molecule has 1 aromatic carbocycles. The second kappa shape index (κ2) is 7.87. The summed E-state index contributed by atoms with van der Waals surface area (Å²) in [4.78, 5) is 34.8. The summed E-state index contributed by atoms with van der Waals surface area (Å²) in [5.41, 5.74) is 0.840. The summed E-state index contributed by atoms with van der Waals surface area (Å²) < 4.78 is 22.5. The number of hydrogen-bond acceptors (Lipinski definition) is 5. The summed E-state index contributed by atoms with van der Waals surface area (Å²) in [5, 5.41) is 5.01. The van der Waals surface area contributed by atoms with Crippen molar-refractivity contribution in [1.29, 1.82) is 0 Å². The molecule has 1 atom stereocenters. The van der Waals surface area contributed by atoms with Crippen LogP contribution in [0.1, 0.15) is 30.6 Å². The minimum atomic E-state index is -3.26. The molecule has 2 N–H and O–H groups in total. The smallest absolute Gasteiger partial charge is 0.246 e. The molecule has 7 nitrogen and oxygen atoms in total. The van der Waals surface area contributed by atoms with E-state index in [-0.39, 0.29) is 18.0 Å². The van der Waals surface area contributed by atoms with Crippen molar-refractivity contribution in [2.24, 2.45) is 0 Å². The lowest BCUT2D eigenvalue weighted by Crippen LogP contribution is -2.43. The summed E-state index contributed by atoms with van der Waals surface area (Å²) in [6.45, 7) is 2.66. The van der Waals surface area contributed by atoms with Crippen molar-refractivity contribution in [3.05, 3.63) is 29.8 Å². The average molecular weight is 340 g/mol. The summed E-state index contributed by atoms with van der Waals surface area (Å²) in [6, 6.07) is 5.39. The highest BCUT2D eigenvalue weighted by Gasteiger charge is 2.21. The number of rotatable bonds is 7. The Morgan fingerprint density at radius 1 is 1.17 bits per heavy atom. The minimum Gasteiger partial charge on any atom is -0.345 e. The van der Waals surface area contributed by atoms with Gasteiger partial charge in [-0.15, -0.1) is 0 Å². The maximum absolute atomic E-state index is 12.2. The average Bonchev–Trinajstić information content (AvgIpc) is 2.42. The number of carbonyl (C=O) groups excluding carboxylic acids is 3. The van der Waals surface area contributed by atoms with E-state index in [0.717, 1.165) is 6.26 Å². The molecular weight excluding hydrogens is 320 g/mol. The summed E-state index contributed by atoms with van der Waals surface area (Å²) in [5.74, 6) is -1.34. The second-order valence-corrected chi connectivity index (χ2v) is 7.56. The topological polar surface area (TPSA) is 109 Å². The molecule has 0 radical (unpaired) electrons. The van der Waals surface area contributed by atoms with Crippen molar-refractivity contribution in [2.45, 2.75) is 26.3 Å². The van der Waals surface area contributed by atoms with Gasteiger partial charge in [0.25, 0.3) is 0 Å². The predicted molar refractivity (Wildman–Crippen MR) is 87.0 cm³/mol. The first-order valence-electron chi connectivity index (χ1n) is 6.95. The van der Waals surface area contributed by atoms with Crippen LogP contribution in [0.3, 0.4) is 0 Å². The van der Waals surface area contributed by atoms with Crippen molar-refractivity contribution in [2.75, 3.05) is 17.3 Å². The molecule has 0 unspecified atom stereocenters. The van der Waals surface area contributed by atoms with E-state index in [4.69, 9.17) is 0 Å². The number of nitrogens with one attached hydrogen (secondary N) is 2. The molecule has 1 rings (SSSR count). The largest absolute Gasteiger partial charge is 0.345 e. The maximum atomic E-state index is 12.2. The Bertz CT molecular complexity index is 712. The predicted octanol–water partition coefficient (Wildman–Crippen LogP) is 0.767. The van der Waals surface area contributed by atoms with Gasteiger partial charge in [-0.3, -0.25) is 14.4 Å². The Morgan fingerprint density at radius 3 is 2.35 bits per heavy atom. The number of hydrogen-bond donors (Lipinski definition) is 2. The van der Waals surface area contributed by atoms with Crippen molar-refractivity contribution in [1.82, 2.24) is 5.32 Å². The molecule has 0 aromatic heterocycles. The van der Waals surface area contributed by atoms with Gasteiger partial charge in [0.1, 0.15) is 15.9 Å². The number of carbonyl (C=O) groups is 3. The first-order valence-corrected chi connectivity index (χ1v) is 9.01. The van der Waals surface area contributed by atoms with E-state index in [1.165, 1.54) is 19.9 Å². The highest BCUT2D eigenvalue weighted by molar-refractivity contribution is 7.90. The molecule has 2 amide bonds. The lowest BCUT2D eigenvalue weighted by Gasteiger charge is -2.17. The van der Waals surface area contributed by atoms with E-state index < -0.39 is 27.7 Å². The van der Waals surface area contributed by atoms with Gasteiger partial charge in [-0.25, -0.2) is 8.42 Å².